The Morgan fingerprint density at radius 3 is 2.60 bits per heavy atom. The highest BCUT2D eigenvalue weighted by molar-refractivity contribution is 8.18. The first kappa shape index (κ1) is 18.7. The number of esters is 1. The molecule has 0 bridgehead atoms. The molecule has 1 saturated heterocycles. The highest BCUT2D eigenvalue weighted by Gasteiger charge is 2.25. The molecule has 1 amide bonds. The molecule has 132 valence electrons. The van der Waals surface area contributed by atoms with Gasteiger partial charge in [-0.15, -0.1) is 5.10 Å². The highest BCUT2D eigenvalue weighted by Crippen LogP contribution is 2.28. The van der Waals surface area contributed by atoms with Gasteiger partial charge in [0.15, 0.2) is 5.17 Å². The number of hydrogen-bond donors (Lipinski definition) is 1. The average molecular weight is 361 g/mol. The summed E-state index contributed by atoms with van der Waals surface area (Å²) in [4.78, 5) is 23.1. The number of nitrogens with one attached hydrogen (secondary N) is 1. The molecule has 0 spiro atoms. The topological polar surface area (TPSA) is 89.3 Å². The van der Waals surface area contributed by atoms with Crippen LogP contribution in [0.15, 0.2) is 27.3 Å². The number of carbonyl (C=O) groups excluding carboxylic acids is 2. The smallest absolute Gasteiger partial charge is 0.331 e. The highest BCUT2D eigenvalue weighted by atomic mass is 32.2. The van der Waals surface area contributed by atoms with Crippen molar-refractivity contribution in [1.82, 2.24) is 5.32 Å². The third-order valence-corrected chi connectivity index (χ3v) is 4.62. The van der Waals surface area contributed by atoms with E-state index in [1.165, 1.54) is 7.11 Å². The zero-order valence-electron chi connectivity index (χ0n) is 14.7. The number of rotatable bonds is 4. The van der Waals surface area contributed by atoms with Crippen molar-refractivity contribution in [1.29, 1.82) is 0 Å². The van der Waals surface area contributed by atoms with E-state index < -0.39 is 11.9 Å². The summed E-state index contributed by atoms with van der Waals surface area (Å²) >= 11 is 1.03. The Hall–Kier alpha value is -2.61. The van der Waals surface area contributed by atoms with Crippen LogP contribution in [-0.4, -0.2) is 37.5 Å². The van der Waals surface area contributed by atoms with Crippen LogP contribution in [0.4, 0.5) is 0 Å². The van der Waals surface area contributed by atoms with Gasteiger partial charge in [0, 0.05) is 6.08 Å². The Labute approximate surface area is 150 Å². The Morgan fingerprint density at radius 1 is 1.24 bits per heavy atom. The summed E-state index contributed by atoms with van der Waals surface area (Å²) in [5.74, 6) is -0.143. The number of carbonyl (C=O) groups is 2. The summed E-state index contributed by atoms with van der Waals surface area (Å²) in [5, 5.41) is 10.9. The lowest BCUT2D eigenvalue weighted by Crippen LogP contribution is -2.19. The molecule has 0 aliphatic carbocycles. The van der Waals surface area contributed by atoms with E-state index in [2.05, 4.69) is 20.3 Å². The molecule has 7 nitrogen and oxygen atoms in total. The monoisotopic (exact) mass is 361 g/mol. The van der Waals surface area contributed by atoms with Crippen molar-refractivity contribution in [2.45, 2.75) is 20.8 Å². The predicted molar refractivity (Wildman–Crippen MR) is 98.1 cm³/mol. The summed E-state index contributed by atoms with van der Waals surface area (Å²) in [7, 11) is 2.89. The molecule has 0 unspecified atom stereocenters. The van der Waals surface area contributed by atoms with E-state index in [0.717, 1.165) is 45.8 Å². The molecule has 1 aliphatic heterocycles. The largest absolute Gasteiger partial charge is 0.496 e. The predicted octanol–water partition coefficient (Wildman–Crippen LogP) is 2.23. The summed E-state index contributed by atoms with van der Waals surface area (Å²) < 4.78 is 9.90. The second-order valence-electron chi connectivity index (χ2n) is 5.30. The number of nitrogens with zero attached hydrogens (tertiary/aromatic N) is 2. The first-order valence-corrected chi connectivity index (χ1v) is 8.23. The molecule has 1 N–H and O–H groups in total. The number of thioether (sulfide) groups is 1. The fraction of sp³-hybridized carbons (Fsp3) is 0.294. The minimum atomic E-state index is -0.595. The van der Waals surface area contributed by atoms with Crippen LogP contribution in [-0.2, 0) is 14.3 Å². The van der Waals surface area contributed by atoms with Crippen molar-refractivity contribution in [2.75, 3.05) is 14.2 Å². The van der Waals surface area contributed by atoms with Gasteiger partial charge < -0.3 is 9.47 Å². The van der Waals surface area contributed by atoms with Crippen LogP contribution in [0.3, 0.4) is 0 Å². The molecule has 1 heterocycles. The van der Waals surface area contributed by atoms with Gasteiger partial charge in [0.2, 0.25) is 0 Å². The molecule has 2 rings (SSSR count). The van der Waals surface area contributed by atoms with E-state index in [1.807, 2.05) is 26.8 Å². The fourth-order valence-corrected chi connectivity index (χ4v) is 3.06. The van der Waals surface area contributed by atoms with E-state index in [-0.39, 0.29) is 4.91 Å². The van der Waals surface area contributed by atoms with Gasteiger partial charge in [-0.2, -0.15) is 5.10 Å². The first-order valence-electron chi connectivity index (χ1n) is 7.42. The normalized spacial score (nSPS) is 17.4. The van der Waals surface area contributed by atoms with Crippen LogP contribution >= 0.6 is 11.8 Å². The number of hydrogen-bond acceptors (Lipinski definition) is 7. The van der Waals surface area contributed by atoms with Gasteiger partial charge in [-0.05, 0) is 60.9 Å². The van der Waals surface area contributed by atoms with Gasteiger partial charge in [-0.3, -0.25) is 10.1 Å². The van der Waals surface area contributed by atoms with Crippen LogP contribution in [0, 0.1) is 20.8 Å². The zero-order chi connectivity index (χ0) is 18.6. The molecule has 0 atom stereocenters. The lowest BCUT2D eigenvalue weighted by Gasteiger charge is -2.13. The molecule has 0 aromatic heterocycles. The molecule has 1 aliphatic rings. The van der Waals surface area contributed by atoms with Crippen LogP contribution < -0.4 is 10.1 Å². The molecule has 8 heteroatoms. The van der Waals surface area contributed by atoms with Crippen LogP contribution in [0.25, 0.3) is 0 Å². The van der Waals surface area contributed by atoms with Gasteiger partial charge in [-0.1, -0.05) is 0 Å². The van der Waals surface area contributed by atoms with Gasteiger partial charge in [-0.25, -0.2) is 4.79 Å². The Kier molecular flexibility index (Phi) is 5.97. The zero-order valence-corrected chi connectivity index (χ0v) is 15.5. The molecule has 25 heavy (non-hydrogen) atoms. The van der Waals surface area contributed by atoms with Crippen LogP contribution in [0.5, 0.6) is 5.75 Å². The van der Waals surface area contributed by atoms with Crippen molar-refractivity contribution in [3.05, 3.63) is 39.3 Å². The number of aryl methyl sites for hydroxylation is 1. The SMILES string of the molecule is COC(=O)/C=C1/S/C(=N\N=Cc2cc(C)c(OC)c(C)c2C)NC1=O. The van der Waals surface area contributed by atoms with Crippen LogP contribution in [0.1, 0.15) is 22.3 Å². The lowest BCUT2D eigenvalue weighted by atomic mass is 9.99. The quantitative estimate of drug-likeness (QED) is 0.384. The Morgan fingerprint density at radius 2 is 1.96 bits per heavy atom. The minimum absolute atomic E-state index is 0.216. The standard InChI is InChI=1S/C17H19N3O4S/c1-9-6-12(10(2)11(3)15(9)24-5)8-18-20-17-19-16(22)13(25-17)7-14(21)23-4/h6-8H,1-5H3,(H,19,20,22)/b13-7+,18-8?. The molecule has 0 radical (unpaired) electrons. The number of benzene rings is 1. The molecular weight excluding hydrogens is 342 g/mol. The third-order valence-electron chi connectivity index (χ3n) is 3.72. The van der Waals surface area contributed by atoms with Gasteiger partial charge in [0.25, 0.3) is 5.91 Å². The average Bonchev–Trinajstić information content (AvgIpc) is 2.92. The Bertz CT molecular complexity index is 813. The van der Waals surface area contributed by atoms with E-state index in [4.69, 9.17) is 4.74 Å². The number of amidine groups is 1. The van der Waals surface area contributed by atoms with Gasteiger partial charge >= 0.3 is 5.97 Å². The molecule has 1 fully saturated rings. The summed E-state index contributed by atoms with van der Waals surface area (Å²) in [6.07, 6.45) is 2.74. The molecule has 0 saturated carbocycles. The third kappa shape index (κ3) is 4.27. The van der Waals surface area contributed by atoms with E-state index in [9.17, 15) is 9.59 Å². The first-order chi connectivity index (χ1) is 11.9. The molecule has 1 aromatic rings. The second-order valence-corrected chi connectivity index (χ2v) is 6.33. The maximum absolute atomic E-state index is 11.7. The van der Waals surface area contributed by atoms with E-state index in [0.29, 0.717) is 5.17 Å². The van der Waals surface area contributed by atoms with E-state index >= 15 is 0 Å². The molecular formula is C17H19N3O4S. The maximum atomic E-state index is 11.7. The number of methoxy groups -OCH3 is 2. The lowest BCUT2D eigenvalue weighted by molar-refractivity contribution is -0.135. The molecule has 1 aromatic carbocycles. The Balaban J connectivity index is 2.19. The van der Waals surface area contributed by atoms with Crippen molar-refractivity contribution in [3.63, 3.8) is 0 Å². The number of amides is 1. The van der Waals surface area contributed by atoms with Crippen molar-refractivity contribution < 1.29 is 19.1 Å². The van der Waals surface area contributed by atoms with Crippen molar-refractivity contribution in [3.8, 4) is 5.75 Å². The fourth-order valence-electron chi connectivity index (χ4n) is 2.32. The van der Waals surface area contributed by atoms with Gasteiger partial charge in [0.05, 0.1) is 25.3 Å². The minimum Gasteiger partial charge on any atom is -0.496 e. The van der Waals surface area contributed by atoms with Gasteiger partial charge in [0.1, 0.15) is 5.75 Å². The number of ether oxygens (including phenoxy) is 2. The van der Waals surface area contributed by atoms with Crippen molar-refractivity contribution >= 4 is 35.0 Å². The second kappa shape index (κ2) is 7.98. The van der Waals surface area contributed by atoms with Crippen LogP contribution in [0.2, 0.25) is 0 Å². The summed E-state index contributed by atoms with van der Waals surface area (Å²) in [6, 6.07) is 1.97. The summed E-state index contributed by atoms with van der Waals surface area (Å²) in [6.45, 7) is 5.93. The maximum Gasteiger partial charge on any atom is 0.331 e. The summed E-state index contributed by atoms with van der Waals surface area (Å²) in [5.41, 5.74) is 4.01. The van der Waals surface area contributed by atoms with Crippen molar-refractivity contribution in [2.24, 2.45) is 10.2 Å². The van der Waals surface area contributed by atoms with E-state index in [1.54, 1.807) is 13.3 Å².